The Morgan fingerprint density at radius 1 is 0.380 bits per heavy atom. The topological polar surface area (TPSA) is 9.72 Å². The largest absolute Gasteiger partial charge is 0.311 e. The van der Waals surface area contributed by atoms with Gasteiger partial charge in [0.2, 0.25) is 0 Å². The van der Waals surface area contributed by atoms with Crippen LogP contribution < -0.4 is 31.1 Å². The minimum absolute atomic E-state index is 0.0140. The zero-order valence-corrected chi connectivity index (χ0v) is 45.2. The normalized spacial score (nSPS) is 19.7. The zero-order valence-electron chi connectivity index (χ0n) is 45.2. The van der Waals surface area contributed by atoms with Crippen molar-refractivity contribution in [3.63, 3.8) is 0 Å². The fraction of sp³-hybridized carbons (Fsp3) is 0.373. The van der Waals surface area contributed by atoms with Crippen LogP contribution in [0.25, 0.3) is 0 Å². The first-order valence-corrected chi connectivity index (χ1v) is 26.8. The van der Waals surface area contributed by atoms with E-state index in [0.717, 1.165) is 23.5 Å². The smallest absolute Gasteiger partial charge is 0.252 e. The monoisotopic (exact) mass is 932 g/mol. The van der Waals surface area contributed by atoms with E-state index in [0.29, 0.717) is 0 Å². The summed E-state index contributed by atoms with van der Waals surface area (Å²) in [6.45, 7) is 34.4. The summed E-state index contributed by atoms with van der Waals surface area (Å²) in [7, 11) is 0. The molecule has 0 unspecified atom stereocenters. The summed E-state index contributed by atoms with van der Waals surface area (Å²) < 4.78 is 0. The summed E-state index contributed by atoms with van der Waals surface area (Å²) in [6, 6.07) is 52.3. The predicted octanol–water partition coefficient (Wildman–Crippen LogP) is 16.5. The second-order valence-corrected chi connectivity index (χ2v) is 26.4. The van der Waals surface area contributed by atoms with Crippen molar-refractivity contribution in [1.82, 2.24) is 0 Å². The number of rotatable bonds is 5. The van der Waals surface area contributed by atoms with Crippen LogP contribution in [0.3, 0.4) is 0 Å². The molecule has 0 radical (unpaired) electrons. The maximum atomic E-state index is 2.73. The number of nitrogens with zero attached hydrogens (tertiary/aromatic N) is 3. The zero-order chi connectivity index (χ0) is 49.9. The van der Waals surface area contributed by atoms with Crippen LogP contribution in [0, 0.1) is 13.8 Å². The van der Waals surface area contributed by atoms with Crippen LogP contribution in [0.2, 0.25) is 0 Å². The summed E-state index contributed by atoms with van der Waals surface area (Å²) in [5.41, 5.74) is 27.3. The molecule has 71 heavy (non-hydrogen) atoms. The number of para-hydroxylation sites is 2. The van der Waals surface area contributed by atoms with E-state index in [4.69, 9.17) is 0 Å². The van der Waals surface area contributed by atoms with Crippen LogP contribution >= 0.6 is 0 Å². The van der Waals surface area contributed by atoms with E-state index in [2.05, 4.69) is 245 Å². The van der Waals surface area contributed by atoms with Crippen molar-refractivity contribution in [2.45, 2.75) is 162 Å². The van der Waals surface area contributed by atoms with Gasteiger partial charge in [0, 0.05) is 51.2 Å². The fourth-order valence-corrected chi connectivity index (χ4v) is 14.5. The molecule has 360 valence electrons. The molecule has 0 saturated carbocycles. The van der Waals surface area contributed by atoms with Crippen molar-refractivity contribution < 1.29 is 0 Å². The second kappa shape index (κ2) is 15.3. The third kappa shape index (κ3) is 6.96. The number of fused-ring (bicyclic) bond motifs is 7. The highest BCUT2D eigenvalue weighted by Gasteiger charge is 2.49. The van der Waals surface area contributed by atoms with Gasteiger partial charge in [0.15, 0.2) is 0 Å². The average molecular weight is 932 g/mol. The Bertz CT molecular complexity index is 3290. The molecule has 0 aromatic heterocycles. The van der Waals surface area contributed by atoms with E-state index in [1.54, 1.807) is 0 Å². The van der Waals surface area contributed by atoms with E-state index >= 15 is 0 Å². The van der Waals surface area contributed by atoms with Gasteiger partial charge < -0.3 is 14.7 Å². The Morgan fingerprint density at radius 3 is 1.45 bits per heavy atom. The highest BCUT2D eigenvalue weighted by molar-refractivity contribution is 7.00. The molecule has 7 aromatic rings. The lowest BCUT2D eigenvalue weighted by atomic mass is 9.33. The third-order valence-electron chi connectivity index (χ3n) is 18.5. The Labute approximate surface area is 426 Å². The first kappa shape index (κ1) is 46.1. The van der Waals surface area contributed by atoms with Gasteiger partial charge in [-0.15, -0.1) is 0 Å². The maximum absolute atomic E-state index is 2.73. The lowest BCUT2D eigenvalue weighted by Gasteiger charge is -2.47. The molecule has 7 aromatic carbocycles. The van der Waals surface area contributed by atoms with E-state index in [-0.39, 0.29) is 39.2 Å². The van der Waals surface area contributed by atoms with Gasteiger partial charge in [0.25, 0.3) is 6.71 Å². The molecular weight excluding hydrogens is 858 g/mol. The van der Waals surface area contributed by atoms with Gasteiger partial charge in [-0.25, -0.2) is 0 Å². The number of hydrogen-bond acceptors (Lipinski definition) is 3. The van der Waals surface area contributed by atoms with Gasteiger partial charge in [-0.2, -0.15) is 0 Å². The Kier molecular flexibility index (Phi) is 9.91. The first-order valence-electron chi connectivity index (χ1n) is 26.8. The lowest BCUT2D eigenvalue weighted by molar-refractivity contribution is 0.332. The van der Waals surface area contributed by atoms with Crippen LogP contribution in [-0.4, -0.2) is 6.71 Å². The minimum Gasteiger partial charge on any atom is -0.311 e. The van der Waals surface area contributed by atoms with E-state index in [9.17, 15) is 0 Å². The van der Waals surface area contributed by atoms with E-state index in [1.165, 1.54) is 121 Å². The second-order valence-electron chi connectivity index (χ2n) is 26.4. The van der Waals surface area contributed by atoms with Crippen LogP contribution in [-0.2, 0) is 32.5 Å². The Balaban J connectivity index is 1.19. The lowest BCUT2D eigenvalue weighted by Crippen LogP contribution is -2.61. The molecule has 2 aliphatic heterocycles. The Hall–Kier alpha value is -6.00. The molecule has 0 bridgehead atoms. The molecule has 0 fully saturated rings. The van der Waals surface area contributed by atoms with Gasteiger partial charge in [-0.1, -0.05) is 144 Å². The molecule has 3 aliphatic carbocycles. The maximum Gasteiger partial charge on any atom is 0.252 e. The number of hydrogen-bond donors (Lipinski definition) is 0. The summed E-state index contributed by atoms with van der Waals surface area (Å²) in [4.78, 5) is 7.83. The number of anilines is 9. The summed E-state index contributed by atoms with van der Waals surface area (Å²) in [5, 5.41) is 0. The molecule has 0 amide bonds. The molecule has 0 N–H and O–H groups in total. The van der Waals surface area contributed by atoms with Crippen molar-refractivity contribution in [2.24, 2.45) is 0 Å². The van der Waals surface area contributed by atoms with E-state index in [1.807, 2.05) is 0 Å². The number of benzene rings is 7. The summed E-state index contributed by atoms with van der Waals surface area (Å²) in [5.74, 6) is 0. The molecule has 5 aliphatic rings. The number of aryl methyl sites for hydroxylation is 2. The molecule has 12 rings (SSSR count). The van der Waals surface area contributed by atoms with Gasteiger partial charge in [0.1, 0.15) is 0 Å². The predicted molar refractivity (Wildman–Crippen MR) is 306 cm³/mol. The minimum atomic E-state index is 0.0140. The molecule has 4 heteroatoms. The Morgan fingerprint density at radius 2 is 0.859 bits per heavy atom. The fourth-order valence-electron chi connectivity index (χ4n) is 14.5. The van der Waals surface area contributed by atoms with Crippen LogP contribution in [0.1, 0.15) is 160 Å². The van der Waals surface area contributed by atoms with Gasteiger partial charge in [-0.05, 0) is 212 Å². The quantitative estimate of drug-likeness (QED) is 0.159. The first-order chi connectivity index (χ1) is 33.5. The standard InChI is InChI=1S/C67H74BN3/c1-42-33-59-61-60(34-42)71(56-39-52-49(35-43(56)2)63(5,6)31-32-65(52,9)10)58-40-53-51(66(11,12)41-67(53,13)14)38-55(58)68(61)54-28-26-47(69(44-21-17-15-18-22-44)45-23-19-16-20-24-45)37-57(54)70(59)46-25-27-48-50(36-46)64(7,8)30-29-62(48,3)4/h15-28,33-40H,29-32,41H2,1-14H3. The molecule has 0 atom stereocenters. The highest BCUT2D eigenvalue weighted by Crippen LogP contribution is 2.56. The molecule has 0 saturated heterocycles. The molecule has 0 spiro atoms. The van der Waals surface area contributed by atoms with Crippen LogP contribution in [0.15, 0.2) is 133 Å². The van der Waals surface area contributed by atoms with Gasteiger partial charge >= 0.3 is 0 Å². The average Bonchev–Trinajstić information content (AvgIpc) is 3.50. The highest BCUT2D eigenvalue weighted by atomic mass is 15.2. The van der Waals surface area contributed by atoms with Crippen molar-refractivity contribution in [3.05, 3.63) is 178 Å². The van der Waals surface area contributed by atoms with Crippen LogP contribution in [0.5, 0.6) is 0 Å². The summed E-state index contributed by atoms with van der Waals surface area (Å²) in [6.07, 6.45) is 5.85. The molecule has 2 heterocycles. The van der Waals surface area contributed by atoms with Crippen molar-refractivity contribution in [2.75, 3.05) is 14.7 Å². The van der Waals surface area contributed by atoms with E-state index < -0.39 is 0 Å². The van der Waals surface area contributed by atoms with Crippen molar-refractivity contribution >= 4 is 74.3 Å². The summed E-state index contributed by atoms with van der Waals surface area (Å²) >= 11 is 0. The van der Waals surface area contributed by atoms with Crippen molar-refractivity contribution in [3.8, 4) is 0 Å². The van der Waals surface area contributed by atoms with Gasteiger partial charge in [-0.3, -0.25) is 0 Å². The van der Waals surface area contributed by atoms with Crippen LogP contribution in [0.4, 0.5) is 51.2 Å². The van der Waals surface area contributed by atoms with Gasteiger partial charge in [0.05, 0.1) is 0 Å². The molecule has 3 nitrogen and oxygen atoms in total. The SMILES string of the molecule is Cc1cc2c3c(c1)N(c1cc4c(cc1C)C(C)(C)CCC4(C)C)c1cc4c(cc1B3c1ccc(N(c3ccccc3)c3ccccc3)cc1N2c1ccc2c(c1)C(C)(C)CCC2(C)C)C(C)(C)CC4(C)C. The molecular formula is C67H74BN3. The van der Waals surface area contributed by atoms with Crippen molar-refractivity contribution in [1.29, 1.82) is 0 Å². The third-order valence-corrected chi connectivity index (χ3v) is 18.5.